The van der Waals surface area contributed by atoms with Gasteiger partial charge in [-0.25, -0.2) is 14.4 Å². The number of nitrogens with one attached hydrogen (secondary N) is 2. The highest BCUT2D eigenvalue weighted by Crippen LogP contribution is 2.33. The second kappa shape index (κ2) is 7.83. The Morgan fingerprint density at radius 1 is 1.11 bits per heavy atom. The number of pyridine rings is 1. The van der Waals surface area contributed by atoms with Gasteiger partial charge in [0.25, 0.3) is 0 Å². The predicted octanol–water partition coefficient (Wildman–Crippen LogP) is 3.95. The molecule has 0 aliphatic heterocycles. The van der Waals surface area contributed by atoms with Crippen LogP contribution in [0.4, 0.5) is 23.4 Å². The van der Waals surface area contributed by atoms with E-state index in [0.29, 0.717) is 29.9 Å². The maximum Gasteiger partial charge on any atom is 0.419 e. The molecule has 0 amide bonds. The van der Waals surface area contributed by atoms with Gasteiger partial charge in [0.1, 0.15) is 17.7 Å². The molecule has 1 atom stereocenters. The van der Waals surface area contributed by atoms with Crippen LogP contribution in [0.1, 0.15) is 24.1 Å². The van der Waals surface area contributed by atoms with Crippen LogP contribution in [0.25, 0.3) is 11.0 Å². The number of fused-ring (bicyclic) bond motifs is 1. The molecule has 2 aromatic heterocycles. The summed E-state index contributed by atoms with van der Waals surface area (Å²) in [7, 11) is 0. The summed E-state index contributed by atoms with van der Waals surface area (Å²) in [6.45, 7) is 2.82. The first kappa shape index (κ1) is 19.0. The smallest absolute Gasteiger partial charge is 0.360 e. The molecule has 0 aliphatic carbocycles. The quantitative estimate of drug-likeness (QED) is 0.635. The fourth-order valence-corrected chi connectivity index (χ4v) is 2.68. The van der Waals surface area contributed by atoms with Gasteiger partial charge in [0, 0.05) is 12.7 Å². The molecule has 5 nitrogen and oxygen atoms in total. The fraction of sp³-hybridized carbons (Fsp3) is 0.278. The second-order valence-corrected chi connectivity index (χ2v) is 5.84. The van der Waals surface area contributed by atoms with E-state index in [2.05, 4.69) is 25.6 Å². The fourth-order valence-electron chi connectivity index (χ4n) is 2.68. The summed E-state index contributed by atoms with van der Waals surface area (Å²) < 4.78 is 52.8. The van der Waals surface area contributed by atoms with Crippen LogP contribution in [-0.4, -0.2) is 28.0 Å². The molecule has 2 heterocycles. The zero-order valence-corrected chi connectivity index (χ0v) is 14.4. The number of rotatable bonds is 6. The zero-order chi connectivity index (χ0) is 19.4. The summed E-state index contributed by atoms with van der Waals surface area (Å²) in [5.41, 5.74) is 0.0910. The van der Waals surface area contributed by atoms with Crippen LogP contribution in [0.3, 0.4) is 0 Å². The van der Waals surface area contributed by atoms with Gasteiger partial charge in [-0.3, -0.25) is 4.98 Å². The molecule has 2 N–H and O–H groups in total. The average molecular weight is 379 g/mol. The molecule has 3 aromatic rings. The van der Waals surface area contributed by atoms with Crippen LogP contribution in [0, 0.1) is 5.82 Å². The van der Waals surface area contributed by atoms with Gasteiger partial charge >= 0.3 is 6.18 Å². The zero-order valence-electron chi connectivity index (χ0n) is 14.4. The van der Waals surface area contributed by atoms with Crippen molar-refractivity contribution >= 4 is 16.9 Å². The summed E-state index contributed by atoms with van der Waals surface area (Å²) in [4.78, 5) is 12.5. The van der Waals surface area contributed by atoms with Crippen molar-refractivity contribution in [2.24, 2.45) is 0 Å². The van der Waals surface area contributed by atoms with Crippen molar-refractivity contribution in [2.45, 2.75) is 19.1 Å². The van der Waals surface area contributed by atoms with Gasteiger partial charge in [0.15, 0.2) is 5.82 Å². The minimum atomic E-state index is -4.77. The summed E-state index contributed by atoms with van der Waals surface area (Å²) in [6, 6.07) is 5.89. The van der Waals surface area contributed by atoms with E-state index in [1.54, 1.807) is 18.3 Å². The molecule has 9 heteroatoms. The predicted molar refractivity (Wildman–Crippen MR) is 93.6 cm³/mol. The SMILES string of the molecule is CCNC[C@@H](Nc1ncnc2cccnc12)c1ccc(F)c(C(F)(F)F)c1. The van der Waals surface area contributed by atoms with E-state index >= 15 is 0 Å². The first-order chi connectivity index (χ1) is 12.9. The highest BCUT2D eigenvalue weighted by atomic mass is 19.4. The van der Waals surface area contributed by atoms with E-state index in [-0.39, 0.29) is 5.56 Å². The van der Waals surface area contributed by atoms with Gasteiger partial charge in [0.05, 0.1) is 17.1 Å². The van der Waals surface area contributed by atoms with Gasteiger partial charge < -0.3 is 10.6 Å². The van der Waals surface area contributed by atoms with Crippen molar-refractivity contribution in [2.75, 3.05) is 18.4 Å². The number of anilines is 1. The Morgan fingerprint density at radius 3 is 2.67 bits per heavy atom. The van der Waals surface area contributed by atoms with E-state index in [1.807, 2.05) is 6.92 Å². The monoisotopic (exact) mass is 379 g/mol. The van der Waals surface area contributed by atoms with E-state index in [0.717, 1.165) is 12.1 Å². The normalized spacial score (nSPS) is 12.9. The molecule has 0 spiro atoms. The lowest BCUT2D eigenvalue weighted by Gasteiger charge is -2.22. The van der Waals surface area contributed by atoms with Crippen LogP contribution < -0.4 is 10.6 Å². The number of benzene rings is 1. The molecule has 0 bridgehead atoms. The van der Waals surface area contributed by atoms with Crippen molar-refractivity contribution < 1.29 is 17.6 Å². The van der Waals surface area contributed by atoms with E-state index < -0.39 is 23.6 Å². The third-order valence-corrected chi connectivity index (χ3v) is 4.00. The number of alkyl halides is 3. The van der Waals surface area contributed by atoms with E-state index in [9.17, 15) is 17.6 Å². The summed E-state index contributed by atoms with van der Waals surface area (Å²) in [6.07, 6.45) is -1.84. The van der Waals surface area contributed by atoms with Gasteiger partial charge in [-0.15, -0.1) is 0 Å². The van der Waals surface area contributed by atoms with Crippen LogP contribution in [0.15, 0.2) is 42.9 Å². The van der Waals surface area contributed by atoms with Crippen LogP contribution >= 0.6 is 0 Å². The third-order valence-electron chi connectivity index (χ3n) is 4.00. The number of hydrogen-bond donors (Lipinski definition) is 2. The lowest BCUT2D eigenvalue weighted by atomic mass is 10.0. The highest BCUT2D eigenvalue weighted by Gasteiger charge is 2.34. The van der Waals surface area contributed by atoms with Crippen molar-refractivity contribution in [1.82, 2.24) is 20.3 Å². The standard InChI is InChI=1S/C18H17F4N5/c1-2-23-9-15(11-5-6-13(19)12(8-11)18(20,21)22)27-17-16-14(25-10-26-17)4-3-7-24-16/h3-8,10,15,23H,2,9H2,1H3,(H,25,26,27)/t15-/m1/s1. The molecule has 0 radical (unpaired) electrons. The van der Waals surface area contributed by atoms with Crippen molar-refractivity contribution in [1.29, 1.82) is 0 Å². The topological polar surface area (TPSA) is 62.7 Å². The minimum absolute atomic E-state index is 0.285. The molecule has 27 heavy (non-hydrogen) atoms. The van der Waals surface area contributed by atoms with Gasteiger partial charge in [0.2, 0.25) is 0 Å². The lowest BCUT2D eigenvalue weighted by Crippen LogP contribution is -2.27. The number of aromatic nitrogens is 3. The molecule has 0 aliphatic rings. The molecular weight excluding hydrogens is 362 g/mol. The summed E-state index contributed by atoms with van der Waals surface area (Å²) in [5.74, 6) is -0.913. The Morgan fingerprint density at radius 2 is 1.93 bits per heavy atom. The number of likely N-dealkylation sites (N-methyl/N-ethyl adjacent to an activating group) is 1. The lowest BCUT2D eigenvalue weighted by molar-refractivity contribution is -0.140. The molecule has 0 saturated carbocycles. The third kappa shape index (κ3) is 4.30. The Hall–Kier alpha value is -2.81. The first-order valence-electron chi connectivity index (χ1n) is 8.29. The summed E-state index contributed by atoms with van der Waals surface area (Å²) >= 11 is 0. The molecule has 1 aromatic carbocycles. The van der Waals surface area contributed by atoms with Gasteiger partial charge in [-0.05, 0) is 36.4 Å². The first-order valence-corrected chi connectivity index (χ1v) is 8.29. The van der Waals surface area contributed by atoms with Crippen molar-refractivity contribution in [3.63, 3.8) is 0 Å². The maximum atomic E-state index is 13.6. The van der Waals surface area contributed by atoms with Crippen LogP contribution in [0.5, 0.6) is 0 Å². The summed E-state index contributed by atoms with van der Waals surface area (Å²) in [5, 5.41) is 6.19. The molecule has 142 valence electrons. The highest BCUT2D eigenvalue weighted by molar-refractivity contribution is 5.84. The van der Waals surface area contributed by atoms with Crippen molar-refractivity contribution in [3.8, 4) is 0 Å². The largest absolute Gasteiger partial charge is 0.419 e. The molecule has 0 unspecified atom stereocenters. The van der Waals surface area contributed by atoms with Gasteiger partial charge in [-0.1, -0.05) is 13.0 Å². The Bertz CT molecular complexity index is 924. The Labute approximate surface area is 152 Å². The van der Waals surface area contributed by atoms with Gasteiger partial charge in [-0.2, -0.15) is 13.2 Å². The number of nitrogens with zero attached hydrogens (tertiary/aromatic N) is 3. The van der Waals surface area contributed by atoms with Crippen LogP contribution in [0.2, 0.25) is 0 Å². The molecule has 3 rings (SSSR count). The minimum Gasteiger partial charge on any atom is -0.360 e. The van der Waals surface area contributed by atoms with E-state index in [4.69, 9.17) is 0 Å². The second-order valence-electron chi connectivity index (χ2n) is 5.84. The maximum absolute atomic E-state index is 13.6. The Balaban J connectivity index is 1.99. The average Bonchev–Trinajstić information content (AvgIpc) is 2.65. The Kier molecular flexibility index (Phi) is 5.50. The molecule has 0 saturated heterocycles. The molecular formula is C18H17F4N5. The number of hydrogen-bond acceptors (Lipinski definition) is 5. The number of halogens is 4. The van der Waals surface area contributed by atoms with Crippen molar-refractivity contribution in [3.05, 3.63) is 59.8 Å². The van der Waals surface area contributed by atoms with E-state index in [1.165, 1.54) is 12.4 Å². The molecule has 0 fully saturated rings. The van der Waals surface area contributed by atoms with Crippen LogP contribution in [-0.2, 0) is 6.18 Å².